The van der Waals surface area contributed by atoms with Crippen LogP contribution in [0.3, 0.4) is 0 Å². The van der Waals surface area contributed by atoms with Gasteiger partial charge in [-0.1, -0.05) is 30.3 Å². The second kappa shape index (κ2) is 6.87. The van der Waals surface area contributed by atoms with E-state index in [-0.39, 0.29) is 18.0 Å². The summed E-state index contributed by atoms with van der Waals surface area (Å²) in [6.45, 7) is 2.55. The molecule has 0 radical (unpaired) electrons. The lowest BCUT2D eigenvalue weighted by atomic mass is 9.96. The predicted molar refractivity (Wildman–Crippen MR) is 109 cm³/mol. The van der Waals surface area contributed by atoms with Crippen molar-refractivity contribution in [2.24, 2.45) is 5.10 Å². The van der Waals surface area contributed by atoms with Gasteiger partial charge in [0.05, 0.1) is 23.2 Å². The number of rotatable bonds is 4. The van der Waals surface area contributed by atoms with E-state index in [1.807, 2.05) is 53.7 Å². The van der Waals surface area contributed by atoms with Crippen molar-refractivity contribution in [1.82, 2.24) is 5.01 Å². The van der Waals surface area contributed by atoms with Gasteiger partial charge in [0.25, 0.3) is 0 Å². The van der Waals surface area contributed by atoms with Crippen LogP contribution < -0.4 is 9.47 Å². The highest BCUT2D eigenvalue weighted by molar-refractivity contribution is 7.10. The molecule has 0 unspecified atom stereocenters. The van der Waals surface area contributed by atoms with Crippen molar-refractivity contribution < 1.29 is 14.6 Å². The van der Waals surface area contributed by atoms with Gasteiger partial charge in [-0.25, -0.2) is 5.01 Å². The summed E-state index contributed by atoms with van der Waals surface area (Å²) in [5.41, 5.74) is 2.69. The zero-order valence-electron chi connectivity index (χ0n) is 15.4. The first-order valence-corrected chi connectivity index (χ1v) is 10.2. The SMILES string of the molecule is CCOc1cccc2c1O[C@H](c1cccs1)N1N=C(c3ccccc3O)C[C@@H]21. The Morgan fingerprint density at radius 1 is 1.18 bits per heavy atom. The molecule has 2 atom stereocenters. The van der Waals surface area contributed by atoms with Crippen LogP contribution in [0.1, 0.15) is 41.6 Å². The average molecular weight is 392 g/mol. The van der Waals surface area contributed by atoms with Crippen molar-refractivity contribution in [2.75, 3.05) is 6.61 Å². The number of phenols is 1. The van der Waals surface area contributed by atoms with Gasteiger partial charge in [-0.3, -0.25) is 0 Å². The van der Waals surface area contributed by atoms with Crippen molar-refractivity contribution in [1.29, 1.82) is 0 Å². The molecular weight excluding hydrogens is 372 g/mol. The zero-order valence-corrected chi connectivity index (χ0v) is 16.2. The zero-order chi connectivity index (χ0) is 19.1. The highest BCUT2D eigenvalue weighted by Gasteiger charge is 2.42. The molecule has 1 N–H and O–H groups in total. The van der Waals surface area contributed by atoms with E-state index in [9.17, 15) is 5.11 Å². The van der Waals surface area contributed by atoms with Crippen LogP contribution in [-0.2, 0) is 0 Å². The predicted octanol–water partition coefficient (Wildman–Crippen LogP) is 5.09. The summed E-state index contributed by atoms with van der Waals surface area (Å²) in [4.78, 5) is 1.09. The third kappa shape index (κ3) is 2.72. The van der Waals surface area contributed by atoms with Gasteiger partial charge >= 0.3 is 0 Å². The molecule has 0 bridgehead atoms. The van der Waals surface area contributed by atoms with E-state index in [1.165, 1.54) is 0 Å². The molecule has 0 aliphatic carbocycles. The van der Waals surface area contributed by atoms with Gasteiger partial charge in [0.2, 0.25) is 6.23 Å². The number of aromatic hydroxyl groups is 1. The summed E-state index contributed by atoms with van der Waals surface area (Å²) in [7, 11) is 0. The van der Waals surface area contributed by atoms with Crippen molar-refractivity contribution in [3.8, 4) is 17.2 Å². The monoisotopic (exact) mass is 392 g/mol. The molecule has 28 heavy (non-hydrogen) atoms. The summed E-state index contributed by atoms with van der Waals surface area (Å²) in [5.74, 6) is 1.80. The average Bonchev–Trinajstić information content (AvgIpc) is 3.38. The first-order valence-electron chi connectivity index (χ1n) is 9.36. The van der Waals surface area contributed by atoms with Gasteiger partial charge in [0, 0.05) is 17.5 Å². The van der Waals surface area contributed by atoms with E-state index >= 15 is 0 Å². The lowest BCUT2D eigenvalue weighted by molar-refractivity contribution is -0.0188. The van der Waals surface area contributed by atoms with Crippen LogP contribution in [-0.4, -0.2) is 22.4 Å². The van der Waals surface area contributed by atoms with Crippen LogP contribution in [0.25, 0.3) is 0 Å². The fourth-order valence-electron chi connectivity index (χ4n) is 3.85. The Hall–Kier alpha value is -2.99. The maximum Gasteiger partial charge on any atom is 0.223 e. The minimum Gasteiger partial charge on any atom is -0.507 e. The van der Waals surface area contributed by atoms with Crippen molar-refractivity contribution in [3.05, 3.63) is 76.0 Å². The van der Waals surface area contributed by atoms with Crippen LogP contribution in [0.5, 0.6) is 17.2 Å². The number of ether oxygens (including phenoxy) is 2. The Balaban J connectivity index is 1.62. The first kappa shape index (κ1) is 17.1. The largest absolute Gasteiger partial charge is 0.507 e. The van der Waals surface area contributed by atoms with Crippen LogP contribution in [0, 0.1) is 0 Å². The molecular formula is C22H20N2O3S. The number of hydrogen-bond donors (Lipinski definition) is 1. The quantitative estimate of drug-likeness (QED) is 0.672. The van der Waals surface area contributed by atoms with Crippen molar-refractivity contribution in [3.63, 3.8) is 0 Å². The van der Waals surface area contributed by atoms with Crippen LogP contribution in [0.15, 0.2) is 65.1 Å². The van der Waals surface area contributed by atoms with Crippen molar-refractivity contribution in [2.45, 2.75) is 25.6 Å². The first-order chi connectivity index (χ1) is 13.8. The van der Waals surface area contributed by atoms with Crippen LogP contribution in [0.4, 0.5) is 0 Å². The molecule has 2 aliphatic heterocycles. The highest BCUT2D eigenvalue weighted by Crippen LogP contribution is 2.51. The molecule has 2 aliphatic rings. The number of nitrogens with zero attached hydrogens (tertiary/aromatic N) is 2. The van der Waals surface area contributed by atoms with Gasteiger partial charge in [-0.2, -0.15) is 5.10 Å². The van der Waals surface area contributed by atoms with Gasteiger partial charge < -0.3 is 14.6 Å². The second-order valence-corrected chi connectivity index (χ2v) is 7.74. The standard InChI is InChI=1S/C22H20N2O3S/c1-2-26-19-10-5-8-15-17-13-16(14-7-3-4-9-18(14)25)23-24(17)22(27-21(15)19)20-11-6-12-28-20/h3-12,17,22,25H,2,13H2,1H3/t17-,22+/m0/s1. The fourth-order valence-corrected chi connectivity index (χ4v) is 4.60. The van der Waals surface area contributed by atoms with E-state index in [0.29, 0.717) is 13.0 Å². The van der Waals surface area contributed by atoms with E-state index in [0.717, 1.165) is 33.2 Å². The molecule has 0 spiro atoms. The fraction of sp³-hybridized carbons (Fsp3) is 0.227. The molecule has 5 rings (SSSR count). The molecule has 5 nitrogen and oxygen atoms in total. The minimum absolute atomic E-state index is 0.0332. The van der Waals surface area contributed by atoms with E-state index < -0.39 is 0 Å². The Kier molecular flexibility index (Phi) is 4.20. The molecule has 142 valence electrons. The van der Waals surface area contributed by atoms with Gasteiger partial charge in [0.15, 0.2) is 11.5 Å². The molecule has 0 saturated carbocycles. The minimum atomic E-state index is -0.317. The smallest absolute Gasteiger partial charge is 0.223 e. The normalized spacial score (nSPS) is 20.2. The number of fused-ring (bicyclic) bond motifs is 3. The maximum atomic E-state index is 10.3. The Morgan fingerprint density at radius 3 is 2.86 bits per heavy atom. The maximum absolute atomic E-state index is 10.3. The molecule has 0 amide bonds. The molecule has 6 heteroatoms. The van der Waals surface area contributed by atoms with Gasteiger partial charge in [-0.05, 0) is 36.6 Å². The lowest BCUT2D eigenvalue weighted by Gasteiger charge is -2.38. The number of benzene rings is 2. The Bertz CT molecular complexity index is 1030. The van der Waals surface area contributed by atoms with Crippen LogP contribution >= 0.6 is 11.3 Å². The number of thiophene rings is 1. The highest BCUT2D eigenvalue weighted by atomic mass is 32.1. The third-order valence-corrected chi connectivity index (χ3v) is 5.98. The molecule has 1 aromatic heterocycles. The summed E-state index contributed by atoms with van der Waals surface area (Å²) in [6.07, 6.45) is 0.383. The molecule has 3 heterocycles. The van der Waals surface area contributed by atoms with E-state index in [4.69, 9.17) is 14.6 Å². The van der Waals surface area contributed by atoms with Gasteiger partial charge in [-0.15, -0.1) is 11.3 Å². The number of hydrazone groups is 1. The van der Waals surface area contributed by atoms with Gasteiger partial charge in [0.1, 0.15) is 5.75 Å². The molecule has 0 fully saturated rings. The number of hydrogen-bond acceptors (Lipinski definition) is 6. The van der Waals surface area contributed by atoms with Crippen LogP contribution in [0.2, 0.25) is 0 Å². The molecule has 0 saturated heterocycles. The van der Waals surface area contributed by atoms with E-state index in [2.05, 4.69) is 12.1 Å². The van der Waals surface area contributed by atoms with E-state index in [1.54, 1.807) is 17.4 Å². The Morgan fingerprint density at radius 2 is 2.07 bits per heavy atom. The number of para-hydroxylation sites is 2. The number of phenolic OH excluding ortho intramolecular Hbond substituents is 1. The third-order valence-electron chi connectivity index (χ3n) is 5.08. The Labute approximate surface area is 167 Å². The second-order valence-electron chi connectivity index (χ2n) is 6.76. The topological polar surface area (TPSA) is 54.3 Å². The summed E-state index contributed by atoms with van der Waals surface area (Å²) in [6, 6.07) is 17.5. The lowest BCUT2D eigenvalue weighted by Crippen LogP contribution is -2.33. The van der Waals surface area contributed by atoms with Crippen molar-refractivity contribution >= 4 is 17.0 Å². The summed E-state index contributed by atoms with van der Waals surface area (Å²) in [5, 5.41) is 19.3. The summed E-state index contributed by atoms with van der Waals surface area (Å²) >= 11 is 1.65. The summed E-state index contributed by atoms with van der Waals surface area (Å²) < 4.78 is 12.3. The molecule has 3 aromatic rings. The molecule has 2 aromatic carbocycles.